The lowest BCUT2D eigenvalue weighted by Crippen LogP contribution is -2.13. The first-order valence-electron chi connectivity index (χ1n) is 5.54. The Hall–Kier alpha value is -1.17. The van der Waals surface area contributed by atoms with Crippen molar-refractivity contribution in [3.05, 3.63) is 23.2 Å². The minimum absolute atomic E-state index is 0.122. The summed E-state index contributed by atoms with van der Waals surface area (Å²) in [5.74, 6) is 0.872. The zero-order valence-corrected chi connectivity index (χ0v) is 10.8. The Morgan fingerprint density at radius 3 is 2.94 bits per heavy atom. The number of nitrogens with two attached hydrogens (primary N) is 1. The topological polar surface area (TPSA) is 57.4 Å². The molecule has 92 valence electrons. The zero-order valence-electron chi connectivity index (χ0n) is 9.97. The quantitative estimate of drug-likeness (QED) is 0.887. The van der Waals surface area contributed by atoms with Crippen molar-refractivity contribution in [3.8, 4) is 5.75 Å². The minimum atomic E-state index is -0.122. The number of methoxy groups -OCH3 is 1. The summed E-state index contributed by atoms with van der Waals surface area (Å²) in [6.45, 7) is 3.08. The number of nitrogens with zero attached hydrogens (tertiary/aromatic N) is 1. The molecule has 0 aliphatic rings. The molecule has 17 heavy (non-hydrogen) atoms. The first-order chi connectivity index (χ1) is 8.28. The van der Waals surface area contributed by atoms with Crippen LogP contribution in [0.5, 0.6) is 5.75 Å². The Kier molecular flexibility index (Phi) is 3.93. The predicted octanol–water partition coefficient (Wildman–Crippen LogP) is 2.34. The Labute approximate surface area is 104 Å². The second-order valence-electron chi connectivity index (χ2n) is 3.57. The molecule has 0 fully saturated rings. The number of hydrogen-bond acceptors (Lipinski definition) is 5. The summed E-state index contributed by atoms with van der Waals surface area (Å²) in [4.78, 5) is 4.51. The lowest BCUT2D eigenvalue weighted by atomic mass is 10.3. The monoisotopic (exact) mass is 252 g/mol. The average molecular weight is 252 g/mol. The van der Waals surface area contributed by atoms with Gasteiger partial charge in [0.15, 0.2) is 0 Å². The van der Waals surface area contributed by atoms with Crippen molar-refractivity contribution in [1.29, 1.82) is 0 Å². The molecule has 4 nitrogen and oxygen atoms in total. The molecule has 0 saturated carbocycles. The second-order valence-corrected chi connectivity index (χ2v) is 4.64. The molecule has 1 unspecified atom stereocenters. The third-order valence-electron chi connectivity index (χ3n) is 2.46. The molecule has 0 amide bonds. The van der Waals surface area contributed by atoms with E-state index in [0.717, 1.165) is 21.0 Å². The van der Waals surface area contributed by atoms with Crippen LogP contribution in [-0.4, -0.2) is 25.2 Å². The van der Waals surface area contributed by atoms with Crippen LogP contribution in [0.15, 0.2) is 18.2 Å². The third-order valence-corrected chi connectivity index (χ3v) is 3.57. The van der Waals surface area contributed by atoms with E-state index in [0.29, 0.717) is 13.2 Å². The van der Waals surface area contributed by atoms with Crippen LogP contribution in [0.2, 0.25) is 0 Å². The van der Waals surface area contributed by atoms with Crippen molar-refractivity contribution in [1.82, 2.24) is 4.98 Å². The predicted molar refractivity (Wildman–Crippen MR) is 69.6 cm³/mol. The van der Waals surface area contributed by atoms with Gasteiger partial charge >= 0.3 is 0 Å². The van der Waals surface area contributed by atoms with Crippen LogP contribution in [0.25, 0.3) is 10.2 Å². The minimum Gasteiger partial charge on any atom is -0.494 e. The number of hydrogen-bond donors (Lipinski definition) is 1. The van der Waals surface area contributed by atoms with Gasteiger partial charge in [-0.2, -0.15) is 0 Å². The number of aromatic nitrogens is 1. The summed E-state index contributed by atoms with van der Waals surface area (Å²) in [6.07, 6.45) is -0.122. The summed E-state index contributed by atoms with van der Waals surface area (Å²) in [6, 6.07) is 5.90. The highest BCUT2D eigenvalue weighted by molar-refractivity contribution is 7.18. The normalized spacial score (nSPS) is 12.9. The Bertz CT molecular complexity index is 494. The SMILES string of the molecule is CCOc1ccc2nc(C(CN)OC)sc2c1. The smallest absolute Gasteiger partial charge is 0.124 e. The highest BCUT2D eigenvalue weighted by Crippen LogP contribution is 2.30. The van der Waals surface area contributed by atoms with Crippen molar-refractivity contribution in [2.24, 2.45) is 5.73 Å². The molecule has 0 aliphatic carbocycles. The summed E-state index contributed by atoms with van der Waals surface area (Å²) >= 11 is 1.60. The van der Waals surface area contributed by atoms with Gasteiger partial charge in [-0.15, -0.1) is 11.3 Å². The third kappa shape index (κ3) is 2.57. The lowest BCUT2D eigenvalue weighted by molar-refractivity contribution is 0.110. The van der Waals surface area contributed by atoms with Crippen LogP contribution in [0.4, 0.5) is 0 Å². The Morgan fingerprint density at radius 1 is 1.47 bits per heavy atom. The molecular formula is C12H16N2O2S. The molecule has 0 saturated heterocycles. The number of rotatable bonds is 5. The van der Waals surface area contributed by atoms with E-state index in [2.05, 4.69) is 4.98 Å². The molecular weight excluding hydrogens is 236 g/mol. The molecule has 2 N–H and O–H groups in total. The fourth-order valence-corrected chi connectivity index (χ4v) is 2.70. The Balaban J connectivity index is 2.36. The van der Waals surface area contributed by atoms with Crippen LogP contribution < -0.4 is 10.5 Å². The maximum atomic E-state index is 5.63. The lowest BCUT2D eigenvalue weighted by Gasteiger charge is -2.07. The van der Waals surface area contributed by atoms with Crippen LogP contribution in [0.1, 0.15) is 18.0 Å². The van der Waals surface area contributed by atoms with Crippen LogP contribution in [0, 0.1) is 0 Å². The van der Waals surface area contributed by atoms with Gasteiger partial charge < -0.3 is 15.2 Å². The van der Waals surface area contributed by atoms with Crippen molar-refractivity contribution >= 4 is 21.6 Å². The number of ether oxygens (including phenoxy) is 2. The van der Waals surface area contributed by atoms with Crippen molar-refractivity contribution < 1.29 is 9.47 Å². The molecule has 0 spiro atoms. The highest BCUT2D eigenvalue weighted by Gasteiger charge is 2.14. The molecule has 1 heterocycles. The van der Waals surface area contributed by atoms with E-state index in [1.165, 1.54) is 0 Å². The van der Waals surface area contributed by atoms with Gasteiger partial charge in [0.1, 0.15) is 16.9 Å². The van der Waals surface area contributed by atoms with Gasteiger partial charge in [0, 0.05) is 13.7 Å². The molecule has 2 rings (SSSR count). The van der Waals surface area contributed by atoms with Crippen LogP contribution in [-0.2, 0) is 4.74 Å². The molecule has 1 atom stereocenters. The molecule has 5 heteroatoms. The fourth-order valence-electron chi connectivity index (χ4n) is 1.61. The van der Waals surface area contributed by atoms with Gasteiger partial charge in [0.25, 0.3) is 0 Å². The highest BCUT2D eigenvalue weighted by atomic mass is 32.1. The maximum Gasteiger partial charge on any atom is 0.124 e. The number of fused-ring (bicyclic) bond motifs is 1. The fraction of sp³-hybridized carbons (Fsp3) is 0.417. The first-order valence-corrected chi connectivity index (χ1v) is 6.36. The summed E-state index contributed by atoms with van der Waals surface area (Å²) in [5.41, 5.74) is 6.59. The van der Waals surface area contributed by atoms with Crippen molar-refractivity contribution in [3.63, 3.8) is 0 Å². The molecule has 0 radical (unpaired) electrons. The summed E-state index contributed by atoms with van der Waals surface area (Å²) < 4.78 is 11.8. The van der Waals surface area contributed by atoms with Gasteiger partial charge in [0.2, 0.25) is 0 Å². The van der Waals surface area contributed by atoms with E-state index in [4.69, 9.17) is 15.2 Å². The molecule has 0 aliphatic heterocycles. The summed E-state index contributed by atoms with van der Waals surface area (Å²) in [7, 11) is 1.65. The zero-order chi connectivity index (χ0) is 12.3. The average Bonchev–Trinajstić information content (AvgIpc) is 2.74. The van der Waals surface area contributed by atoms with Gasteiger partial charge in [-0.25, -0.2) is 4.98 Å². The second kappa shape index (κ2) is 5.44. The molecule has 2 aromatic rings. The number of thiazole rings is 1. The standard InChI is InChI=1S/C12H16N2O2S/c1-3-16-8-4-5-9-11(6-8)17-12(14-9)10(7-13)15-2/h4-6,10H,3,7,13H2,1-2H3. The van der Waals surface area contributed by atoms with E-state index in [-0.39, 0.29) is 6.10 Å². The van der Waals surface area contributed by atoms with E-state index in [1.807, 2.05) is 25.1 Å². The molecule has 1 aromatic carbocycles. The maximum absolute atomic E-state index is 5.63. The largest absolute Gasteiger partial charge is 0.494 e. The summed E-state index contributed by atoms with van der Waals surface area (Å²) in [5, 5.41) is 0.915. The van der Waals surface area contributed by atoms with E-state index in [9.17, 15) is 0 Å². The van der Waals surface area contributed by atoms with Gasteiger partial charge in [-0.3, -0.25) is 0 Å². The molecule has 0 bridgehead atoms. The van der Waals surface area contributed by atoms with Gasteiger partial charge in [-0.05, 0) is 25.1 Å². The van der Waals surface area contributed by atoms with E-state index < -0.39 is 0 Å². The van der Waals surface area contributed by atoms with Crippen molar-refractivity contribution in [2.45, 2.75) is 13.0 Å². The Morgan fingerprint density at radius 2 is 2.29 bits per heavy atom. The van der Waals surface area contributed by atoms with Crippen LogP contribution >= 0.6 is 11.3 Å². The van der Waals surface area contributed by atoms with Crippen LogP contribution in [0.3, 0.4) is 0 Å². The van der Waals surface area contributed by atoms with Crippen molar-refractivity contribution in [2.75, 3.05) is 20.3 Å². The van der Waals surface area contributed by atoms with E-state index >= 15 is 0 Å². The molecule has 1 aromatic heterocycles. The van der Waals surface area contributed by atoms with Gasteiger partial charge in [-0.1, -0.05) is 0 Å². The van der Waals surface area contributed by atoms with Gasteiger partial charge in [0.05, 0.1) is 16.8 Å². The van der Waals surface area contributed by atoms with E-state index in [1.54, 1.807) is 18.4 Å². The first kappa shape index (κ1) is 12.3. The number of benzene rings is 1.